The summed E-state index contributed by atoms with van der Waals surface area (Å²) in [7, 11) is 0. The van der Waals surface area contributed by atoms with E-state index in [0.717, 1.165) is 5.56 Å². The highest BCUT2D eigenvalue weighted by Gasteiger charge is 2.28. The van der Waals surface area contributed by atoms with E-state index in [1.807, 2.05) is 18.2 Å². The molecule has 4 rings (SSSR count). The number of hydrazone groups is 1. The van der Waals surface area contributed by atoms with Gasteiger partial charge in [0.2, 0.25) is 0 Å². The number of thiocarbonyl (C=S) groups is 1. The molecule has 0 aromatic heterocycles. The van der Waals surface area contributed by atoms with Gasteiger partial charge in [0.1, 0.15) is 30.9 Å². The Morgan fingerprint density at radius 2 is 1.88 bits per heavy atom. The van der Waals surface area contributed by atoms with E-state index in [1.54, 1.807) is 6.07 Å². The van der Waals surface area contributed by atoms with Crippen molar-refractivity contribution in [2.75, 3.05) is 13.2 Å². The number of halogens is 1. The van der Waals surface area contributed by atoms with Crippen molar-refractivity contribution in [3.63, 3.8) is 0 Å². The van der Waals surface area contributed by atoms with Crippen LogP contribution >= 0.6 is 12.2 Å². The smallest absolute Gasteiger partial charge is 0.184 e. The van der Waals surface area contributed by atoms with E-state index in [9.17, 15) is 4.39 Å². The second-order valence-corrected chi connectivity index (χ2v) is 6.33. The average molecular weight is 373 g/mol. The number of fused-ring (bicyclic) bond motifs is 2. The normalized spacial score (nSPS) is 19.4. The monoisotopic (exact) mass is 373 g/mol. The van der Waals surface area contributed by atoms with Gasteiger partial charge in [-0.1, -0.05) is 6.07 Å². The van der Waals surface area contributed by atoms with Crippen LogP contribution in [0, 0.1) is 5.82 Å². The summed E-state index contributed by atoms with van der Waals surface area (Å²) in [4.78, 5) is 0. The van der Waals surface area contributed by atoms with Crippen LogP contribution in [0.3, 0.4) is 0 Å². The molecule has 0 amide bonds. The lowest BCUT2D eigenvalue weighted by molar-refractivity contribution is 0.169. The number of nitrogens with two attached hydrogens (primary N) is 1. The summed E-state index contributed by atoms with van der Waals surface area (Å²) in [6, 6.07) is 10.00. The summed E-state index contributed by atoms with van der Waals surface area (Å²) < 4.78 is 30.9. The van der Waals surface area contributed by atoms with Crippen LogP contribution in [0.4, 0.5) is 4.39 Å². The Morgan fingerprint density at radius 1 is 1.12 bits per heavy atom. The molecule has 0 saturated carbocycles. The molecule has 0 bridgehead atoms. The first-order valence-electron chi connectivity index (χ1n) is 8.08. The molecule has 2 heterocycles. The maximum Gasteiger partial charge on any atom is 0.184 e. The first kappa shape index (κ1) is 16.6. The zero-order valence-electron chi connectivity index (χ0n) is 13.7. The molecule has 2 aromatic rings. The lowest BCUT2D eigenvalue weighted by Crippen LogP contribution is -2.28. The number of rotatable bonds is 2. The van der Waals surface area contributed by atoms with E-state index in [2.05, 4.69) is 10.5 Å². The van der Waals surface area contributed by atoms with Crippen LogP contribution in [0.1, 0.15) is 23.7 Å². The van der Waals surface area contributed by atoms with Gasteiger partial charge in [-0.2, -0.15) is 5.10 Å². The summed E-state index contributed by atoms with van der Waals surface area (Å²) in [5, 5.41) is 4.27. The van der Waals surface area contributed by atoms with Crippen LogP contribution in [0.5, 0.6) is 17.2 Å². The topological polar surface area (TPSA) is 78.1 Å². The number of nitrogens with one attached hydrogen (secondary N) is 1. The Morgan fingerprint density at radius 3 is 2.69 bits per heavy atom. The molecule has 3 N–H and O–H groups in total. The fourth-order valence-electron chi connectivity index (χ4n) is 2.99. The molecule has 2 aliphatic heterocycles. The largest absolute Gasteiger partial charge is 0.486 e. The molecule has 0 spiro atoms. The third kappa shape index (κ3) is 3.28. The minimum absolute atomic E-state index is 0.0397. The molecule has 0 radical (unpaired) electrons. The molecular formula is C18H16FN3O3S. The average Bonchev–Trinajstić information content (AvgIpc) is 2.65. The summed E-state index contributed by atoms with van der Waals surface area (Å²) in [6.45, 7) is 1.04. The standard InChI is InChI=1S/C18H16FN3O3S/c19-11-2-4-14-12(8-11)13(21-22-18(20)26)9-16(25-14)10-1-3-15-17(7-10)24-6-5-23-15/h1-4,7-8,16H,5-6,9H2,(H3,20,22,26)/b21-13-. The van der Waals surface area contributed by atoms with Crippen molar-refractivity contribution in [1.82, 2.24) is 5.43 Å². The van der Waals surface area contributed by atoms with Crippen molar-refractivity contribution in [2.24, 2.45) is 10.8 Å². The third-order valence-electron chi connectivity index (χ3n) is 4.14. The van der Waals surface area contributed by atoms with Gasteiger partial charge >= 0.3 is 0 Å². The van der Waals surface area contributed by atoms with Gasteiger partial charge in [-0.25, -0.2) is 4.39 Å². The Kier molecular flexibility index (Phi) is 4.34. The van der Waals surface area contributed by atoms with Crippen LogP contribution in [-0.2, 0) is 0 Å². The lowest BCUT2D eigenvalue weighted by atomic mass is 9.95. The van der Waals surface area contributed by atoms with Gasteiger partial charge in [-0.15, -0.1) is 0 Å². The first-order chi connectivity index (χ1) is 12.6. The van der Waals surface area contributed by atoms with Crippen LogP contribution in [0.2, 0.25) is 0 Å². The third-order valence-corrected chi connectivity index (χ3v) is 4.23. The summed E-state index contributed by atoms with van der Waals surface area (Å²) in [5.41, 5.74) is 10.1. The van der Waals surface area contributed by atoms with Gasteiger partial charge in [0, 0.05) is 12.0 Å². The van der Waals surface area contributed by atoms with Gasteiger partial charge in [0.25, 0.3) is 0 Å². The molecule has 0 saturated heterocycles. The Hall–Kier alpha value is -2.87. The van der Waals surface area contributed by atoms with Crippen LogP contribution < -0.4 is 25.4 Å². The molecule has 1 unspecified atom stereocenters. The Bertz CT molecular complexity index is 903. The van der Waals surface area contributed by atoms with Crippen molar-refractivity contribution in [2.45, 2.75) is 12.5 Å². The Labute approximate surface area is 154 Å². The molecule has 6 nitrogen and oxygen atoms in total. The predicted molar refractivity (Wildman–Crippen MR) is 98.3 cm³/mol. The minimum atomic E-state index is -0.367. The number of hydrogen-bond acceptors (Lipinski definition) is 5. The van der Waals surface area contributed by atoms with Crippen LogP contribution in [0.15, 0.2) is 41.5 Å². The van der Waals surface area contributed by atoms with Crippen LogP contribution in [-0.4, -0.2) is 24.0 Å². The molecule has 0 fully saturated rings. The van der Waals surface area contributed by atoms with Crippen molar-refractivity contribution in [1.29, 1.82) is 0 Å². The van der Waals surface area contributed by atoms with Gasteiger partial charge in [0.05, 0.1) is 5.71 Å². The number of benzene rings is 2. The molecule has 8 heteroatoms. The zero-order valence-corrected chi connectivity index (χ0v) is 14.5. The second kappa shape index (κ2) is 6.80. The number of nitrogens with zero attached hydrogens (tertiary/aromatic N) is 1. The van der Waals surface area contributed by atoms with Crippen molar-refractivity contribution < 1.29 is 18.6 Å². The van der Waals surface area contributed by atoms with E-state index in [1.165, 1.54) is 12.1 Å². The molecular weight excluding hydrogens is 357 g/mol. The van der Waals surface area contributed by atoms with Crippen molar-refractivity contribution >= 4 is 23.0 Å². The highest BCUT2D eigenvalue weighted by molar-refractivity contribution is 7.80. The molecule has 134 valence electrons. The van der Waals surface area contributed by atoms with E-state index >= 15 is 0 Å². The van der Waals surface area contributed by atoms with Gasteiger partial charge in [-0.05, 0) is 48.1 Å². The molecule has 1 atom stereocenters. The predicted octanol–water partition coefficient (Wildman–Crippen LogP) is 2.66. The minimum Gasteiger partial charge on any atom is -0.486 e. The first-order valence-corrected chi connectivity index (χ1v) is 8.49. The van der Waals surface area contributed by atoms with Crippen LogP contribution in [0.25, 0.3) is 0 Å². The maximum atomic E-state index is 13.7. The lowest BCUT2D eigenvalue weighted by Gasteiger charge is -2.28. The molecule has 2 aromatic carbocycles. The Balaban J connectivity index is 1.69. The van der Waals surface area contributed by atoms with Gasteiger partial charge in [-0.3, -0.25) is 5.43 Å². The molecule has 2 aliphatic rings. The molecule has 26 heavy (non-hydrogen) atoms. The van der Waals surface area contributed by atoms with E-state index in [0.29, 0.717) is 48.2 Å². The fraction of sp³-hybridized carbons (Fsp3) is 0.222. The SMILES string of the molecule is NC(=S)N/N=C1/CC(c2ccc3c(c2)OCCO3)Oc2ccc(F)cc21. The number of ether oxygens (including phenoxy) is 3. The van der Waals surface area contributed by atoms with E-state index in [-0.39, 0.29) is 17.0 Å². The summed E-state index contributed by atoms with van der Waals surface area (Å²) >= 11 is 4.80. The quantitative estimate of drug-likeness (QED) is 0.623. The van der Waals surface area contributed by atoms with Crippen molar-refractivity contribution in [3.8, 4) is 17.2 Å². The second-order valence-electron chi connectivity index (χ2n) is 5.89. The van der Waals surface area contributed by atoms with E-state index < -0.39 is 0 Å². The van der Waals surface area contributed by atoms with E-state index in [4.69, 9.17) is 32.2 Å². The maximum absolute atomic E-state index is 13.7. The highest BCUT2D eigenvalue weighted by Crippen LogP contribution is 2.39. The van der Waals surface area contributed by atoms with Gasteiger partial charge < -0.3 is 19.9 Å². The highest BCUT2D eigenvalue weighted by atomic mass is 32.1. The zero-order chi connectivity index (χ0) is 18.1. The van der Waals surface area contributed by atoms with Crippen molar-refractivity contribution in [3.05, 3.63) is 53.3 Å². The molecule has 0 aliphatic carbocycles. The summed E-state index contributed by atoms with van der Waals surface area (Å²) in [6.07, 6.45) is 0.113. The fourth-order valence-corrected chi connectivity index (χ4v) is 3.03. The number of hydrogen-bond donors (Lipinski definition) is 2. The van der Waals surface area contributed by atoms with Gasteiger partial charge in [0.15, 0.2) is 16.6 Å². The summed E-state index contributed by atoms with van der Waals surface area (Å²) in [5.74, 6) is 1.57.